The minimum Gasteiger partial charge on any atom is -0.0776 e. The average Bonchev–Trinajstić information content (AvgIpc) is 2.99. The first-order valence-corrected chi connectivity index (χ1v) is 16.9. The van der Waals surface area contributed by atoms with E-state index in [9.17, 15) is 0 Å². The number of benzene rings is 3. The first kappa shape index (κ1) is 48.6. The molecule has 0 N–H and O–H groups in total. The monoisotopic (exact) mass is 607 g/mol. The van der Waals surface area contributed by atoms with Gasteiger partial charge in [-0.05, 0) is 190 Å². The van der Waals surface area contributed by atoms with E-state index in [0.29, 0.717) is 5.92 Å². The molecule has 3 aromatic carbocycles. The van der Waals surface area contributed by atoms with Crippen molar-refractivity contribution < 1.29 is 0 Å². The average molecular weight is 607 g/mol. The molecule has 0 amide bonds. The van der Waals surface area contributed by atoms with Crippen LogP contribution in [0.25, 0.3) is 22.3 Å². The van der Waals surface area contributed by atoms with Gasteiger partial charge in [0.15, 0.2) is 0 Å². The number of hydrogen-bond acceptors (Lipinski definition) is 0. The Morgan fingerprint density at radius 3 is 0.886 bits per heavy atom. The molecule has 0 aliphatic carbocycles. The van der Waals surface area contributed by atoms with E-state index in [0.717, 1.165) is 0 Å². The van der Waals surface area contributed by atoms with Crippen molar-refractivity contribution in [3.63, 3.8) is 0 Å². The van der Waals surface area contributed by atoms with Gasteiger partial charge in [0.2, 0.25) is 0 Å². The Morgan fingerprint density at radius 1 is 0.386 bits per heavy atom. The third-order valence-electron chi connectivity index (χ3n) is 9.07. The molecule has 254 valence electrons. The summed E-state index contributed by atoms with van der Waals surface area (Å²) in [5.74, 6) is 0.451. The Balaban J connectivity index is -0.000000660. The van der Waals surface area contributed by atoms with E-state index in [1.54, 1.807) is 0 Å². The number of hydrogen-bond donors (Lipinski definition) is 0. The summed E-state index contributed by atoms with van der Waals surface area (Å²) in [7, 11) is 0. The summed E-state index contributed by atoms with van der Waals surface area (Å²) in [6, 6.07) is 2.52. The van der Waals surface area contributed by atoms with Crippen LogP contribution in [0.4, 0.5) is 0 Å². The van der Waals surface area contributed by atoms with E-state index >= 15 is 0 Å². The second-order valence-corrected chi connectivity index (χ2v) is 11.5. The molecule has 0 heteroatoms. The molecule has 0 aliphatic heterocycles. The Labute approximate surface area is 279 Å². The molecular formula is C44H78. The Bertz CT molecular complexity index is 1240. The minimum absolute atomic E-state index is 0. The van der Waals surface area contributed by atoms with Gasteiger partial charge in [-0.2, -0.15) is 0 Å². The van der Waals surface area contributed by atoms with Crippen LogP contribution in [0.3, 0.4) is 0 Å². The summed E-state index contributed by atoms with van der Waals surface area (Å²) in [6.07, 6.45) is 1.25. The summed E-state index contributed by atoms with van der Waals surface area (Å²) in [4.78, 5) is 0. The normalized spacial score (nSPS) is 9.52. The molecule has 0 bridgehead atoms. The van der Waals surface area contributed by atoms with Crippen LogP contribution in [0.2, 0.25) is 0 Å². The van der Waals surface area contributed by atoms with Gasteiger partial charge in [-0.25, -0.2) is 0 Å². The highest BCUT2D eigenvalue weighted by Gasteiger charge is 2.24. The SMILES string of the molecule is C.C.CC.CC.CC.CCC.Cc1c(-c2c(C)c(C)c(C)c(C)c2C)cc(C(C)C)c(-c2c(C)c(C)c(C)c(C)c2C)c1C. The van der Waals surface area contributed by atoms with E-state index in [2.05, 4.69) is 117 Å². The third kappa shape index (κ3) is 9.83. The Kier molecular flexibility index (Phi) is 24.5. The van der Waals surface area contributed by atoms with Crippen molar-refractivity contribution >= 4 is 0 Å². The Hall–Kier alpha value is -2.34. The van der Waals surface area contributed by atoms with Gasteiger partial charge in [-0.1, -0.05) is 90.5 Å². The molecule has 0 nitrogen and oxygen atoms in total. The van der Waals surface area contributed by atoms with Crippen LogP contribution in [-0.2, 0) is 0 Å². The lowest BCUT2D eigenvalue weighted by molar-refractivity contribution is 0.866. The van der Waals surface area contributed by atoms with Crippen molar-refractivity contribution in [2.24, 2.45) is 0 Å². The van der Waals surface area contributed by atoms with E-state index in [1.807, 2.05) is 41.5 Å². The molecule has 0 heterocycles. The zero-order valence-electron chi connectivity index (χ0n) is 32.4. The molecule has 3 aromatic rings. The highest BCUT2D eigenvalue weighted by atomic mass is 14.3. The van der Waals surface area contributed by atoms with Crippen molar-refractivity contribution in [2.45, 2.75) is 180 Å². The second kappa shape index (κ2) is 22.2. The summed E-state index contributed by atoms with van der Waals surface area (Å²) in [5, 5.41) is 0. The summed E-state index contributed by atoms with van der Waals surface area (Å²) in [6.45, 7) is 48.6. The van der Waals surface area contributed by atoms with Crippen molar-refractivity contribution in [1.82, 2.24) is 0 Å². The van der Waals surface area contributed by atoms with Gasteiger partial charge in [0.25, 0.3) is 0 Å². The van der Waals surface area contributed by atoms with E-state index in [1.165, 1.54) is 101 Å². The second-order valence-electron chi connectivity index (χ2n) is 11.5. The molecule has 3 rings (SSSR count). The molecular weight excluding hydrogens is 528 g/mol. The molecule has 0 saturated heterocycles. The maximum Gasteiger partial charge on any atom is -0.0111 e. The smallest absolute Gasteiger partial charge is 0.0111 e. The molecule has 0 radical (unpaired) electrons. The predicted molar refractivity (Wildman–Crippen MR) is 212 cm³/mol. The van der Waals surface area contributed by atoms with Crippen LogP contribution >= 0.6 is 0 Å². The fourth-order valence-electron chi connectivity index (χ4n) is 5.77. The topological polar surface area (TPSA) is 0 Å². The summed E-state index contributed by atoms with van der Waals surface area (Å²) in [5.41, 5.74) is 24.4. The van der Waals surface area contributed by atoms with Crippen LogP contribution in [0.1, 0.15) is 169 Å². The minimum atomic E-state index is 0. The Morgan fingerprint density at radius 2 is 0.614 bits per heavy atom. The van der Waals surface area contributed by atoms with E-state index < -0.39 is 0 Å². The van der Waals surface area contributed by atoms with Crippen LogP contribution < -0.4 is 0 Å². The fraction of sp³-hybridized carbons (Fsp3) is 0.591. The first-order chi connectivity index (χ1) is 19.6. The molecule has 0 atom stereocenters. The van der Waals surface area contributed by atoms with Gasteiger partial charge < -0.3 is 0 Å². The van der Waals surface area contributed by atoms with Gasteiger partial charge in [0.05, 0.1) is 0 Å². The molecule has 0 fully saturated rings. The summed E-state index contributed by atoms with van der Waals surface area (Å²) < 4.78 is 0. The molecule has 0 spiro atoms. The lowest BCUT2D eigenvalue weighted by Crippen LogP contribution is -2.07. The van der Waals surface area contributed by atoms with E-state index in [-0.39, 0.29) is 14.9 Å². The molecule has 0 aliphatic rings. The molecule has 0 unspecified atom stereocenters. The lowest BCUT2D eigenvalue weighted by Gasteiger charge is -2.28. The fourth-order valence-corrected chi connectivity index (χ4v) is 5.77. The van der Waals surface area contributed by atoms with Crippen LogP contribution in [0.5, 0.6) is 0 Å². The van der Waals surface area contributed by atoms with Gasteiger partial charge in [0.1, 0.15) is 0 Å². The maximum atomic E-state index is 2.52. The van der Waals surface area contributed by atoms with E-state index in [4.69, 9.17) is 0 Å². The zero-order valence-corrected chi connectivity index (χ0v) is 32.4. The lowest BCUT2D eigenvalue weighted by atomic mass is 9.77. The number of rotatable bonds is 3. The zero-order chi connectivity index (χ0) is 33.8. The van der Waals surface area contributed by atoms with Crippen LogP contribution in [0.15, 0.2) is 6.07 Å². The van der Waals surface area contributed by atoms with Crippen molar-refractivity contribution in [3.8, 4) is 22.3 Å². The molecule has 0 saturated carbocycles. The molecule has 44 heavy (non-hydrogen) atoms. The van der Waals surface area contributed by atoms with Crippen LogP contribution in [-0.4, -0.2) is 0 Å². The van der Waals surface area contributed by atoms with Gasteiger partial charge in [0, 0.05) is 0 Å². The quantitative estimate of drug-likeness (QED) is 0.278. The van der Waals surface area contributed by atoms with Crippen molar-refractivity contribution in [3.05, 3.63) is 78.4 Å². The first-order valence-electron chi connectivity index (χ1n) is 16.9. The third-order valence-corrected chi connectivity index (χ3v) is 9.07. The largest absolute Gasteiger partial charge is 0.0776 e. The predicted octanol–water partition coefficient (Wildman–Crippen LogP) is 15.6. The van der Waals surface area contributed by atoms with Gasteiger partial charge >= 0.3 is 0 Å². The molecule has 0 aromatic heterocycles. The van der Waals surface area contributed by atoms with Crippen molar-refractivity contribution in [1.29, 1.82) is 0 Å². The highest BCUT2D eigenvalue weighted by molar-refractivity contribution is 5.86. The summed E-state index contributed by atoms with van der Waals surface area (Å²) >= 11 is 0. The van der Waals surface area contributed by atoms with Gasteiger partial charge in [-0.15, -0.1) is 0 Å². The highest BCUT2D eigenvalue weighted by Crippen LogP contribution is 2.45. The van der Waals surface area contributed by atoms with Gasteiger partial charge in [-0.3, -0.25) is 0 Å². The maximum absolute atomic E-state index is 2.52. The van der Waals surface area contributed by atoms with Crippen LogP contribution in [0, 0.1) is 83.1 Å². The standard InChI is InChI=1S/C33H44.C3H8.3C2H6.2CH4/c1-16(2)29-15-30(31-24(10)19(5)17(3)20(6)25(31)11)23(9)28(14)33(29)32-26(12)21(7)18(4)22(8)27(32)13;1-3-2;3*1-2;;/h15-16H,1-14H3;3H2,1-2H3;3*1-2H3;2*1H4. The van der Waals surface area contributed by atoms with Crippen molar-refractivity contribution in [2.75, 3.05) is 0 Å².